The lowest BCUT2D eigenvalue weighted by Crippen LogP contribution is -2.02. The Balaban J connectivity index is 2.34. The molecule has 0 saturated carbocycles. The fourth-order valence-corrected chi connectivity index (χ4v) is 1.70. The first kappa shape index (κ1) is 6.92. The summed E-state index contributed by atoms with van der Waals surface area (Å²) in [5.41, 5.74) is 1.09. The van der Waals surface area contributed by atoms with Crippen LogP contribution in [0.15, 0.2) is 18.3 Å². The third kappa shape index (κ3) is 1.18. The van der Waals surface area contributed by atoms with Crippen LogP contribution in [0.25, 0.3) is 0 Å². The van der Waals surface area contributed by atoms with E-state index in [0.717, 1.165) is 25.1 Å². The van der Waals surface area contributed by atoms with E-state index in [2.05, 4.69) is 4.57 Å². The van der Waals surface area contributed by atoms with Gasteiger partial charge in [0, 0.05) is 18.4 Å². The second-order valence-electron chi connectivity index (χ2n) is 3.14. The molecule has 1 atom stereocenters. The molecule has 60 valence electrons. The normalized spacial score (nSPS) is 24.3. The molecule has 1 N–H and O–H groups in total. The number of aryl methyl sites for hydroxylation is 1. The summed E-state index contributed by atoms with van der Waals surface area (Å²) in [6, 6.07) is 4.01. The molecule has 0 bridgehead atoms. The zero-order chi connectivity index (χ0) is 7.68. The zero-order valence-corrected chi connectivity index (χ0v) is 6.53. The van der Waals surface area contributed by atoms with Crippen molar-refractivity contribution in [2.75, 3.05) is 0 Å². The highest BCUT2D eigenvalue weighted by Gasteiger charge is 2.14. The Hall–Kier alpha value is -0.760. The first-order valence-corrected chi connectivity index (χ1v) is 4.21. The number of aliphatic hydroxyl groups excluding tert-OH is 1. The van der Waals surface area contributed by atoms with Crippen molar-refractivity contribution in [2.45, 2.75) is 31.9 Å². The van der Waals surface area contributed by atoms with Crippen LogP contribution < -0.4 is 0 Å². The lowest BCUT2D eigenvalue weighted by atomic mass is 10.1. The fourth-order valence-electron chi connectivity index (χ4n) is 1.70. The largest absolute Gasteiger partial charge is 0.387 e. The van der Waals surface area contributed by atoms with Crippen LogP contribution in [0.3, 0.4) is 0 Å². The van der Waals surface area contributed by atoms with Gasteiger partial charge in [0.25, 0.3) is 0 Å². The molecular formula is C9H13NO. The predicted octanol–water partition coefficient (Wildman–Crippen LogP) is 1.71. The molecule has 0 radical (unpaired) electrons. The number of aromatic nitrogens is 1. The summed E-state index contributed by atoms with van der Waals surface area (Å²) in [7, 11) is 0. The Labute approximate surface area is 66.5 Å². The minimum atomic E-state index is -0.229. The number of rotatable bonds is 0. The molecule has 1 aliphatic heterocycles. The highest BCUT2D eigenvalue weighted by atomic mass is 16.3. The van der Waals surface area contributed by atoms with Gasteiger partial charge in [-0.25, -0.2) is 0 Å². The molecular weight excluding hydrogens is 138 g/mol. The van der Waals surface area contributed by atoms with Crippen LogP contribution in [-0.2, 0) is 6.54 Å². The molecule has 0 aliphatic carbocycles. The van der Waals surface area contributed by atoms with Crippen molar-refractivity contribution in [2.24, 2.45) is 0 Å². The topological polar surface area (TPSA) is 25.2 Å². The maximum atomic E-state index is 9.61. The third-order valence-electron chi connectivity index (χ3n) is 2.33. The molecule has 0 fully saturated rings. The first-order chi connectivity index (χ1) is 5.38. The van der Waals surface area contributed by atoms with Gasteiger partial charge in [0.2, 0.25) is 0 Å². The predicted molar refractivity (Wildman–Crippen MR) is 43.2 cm³/mol. The molecule has 0 aromatic carbocycles. The Kier molecular flexibility index (Phi) is 1.70. The summed E-state index contributed by atoms with van der Waals surface area (Å²) < 4.78 is 2.15. The molecule has 2 nitrogen and oxygen atoms in total. The lowest BCUT2D eigenvalue weighted by Gasteiger charge is -2.07. The Morgan fingerprint density at radius 3 is 3.27 bits per heavy atom. The summed E-state index contributed by atoms with van der Waals surface area (Å²) >= 11 is 0. The zero-order valence-electron chi connectivity index (χ0n) is 6.53. The van der Waals surface area contributed by atoms with Gasteiger partial charge in [-0.2, -0.15) is 0 Å². The van der Waals surface area contributed by atoms with Crippen molar-refractivity contribution in [3.05, 3.63) is 24.0 Å². The average molecular weight is 151 g/mol. The van der Waals surface area contributed by atoms with Crippen LogP contribution in [0.4, 0.5) is 0 Å². The van der Waals surface area contributed by atoms with Gasteiger partial charge < -0.3 is 9.67 Å². The standard InChI is InChI=1S/C9H13NO/c11-9-5-1-2-6-10-7-3-4-8(9)10/h3-4,7,9,11H,1-2,5-6H2. The molecule has 1 aliphatic rings. The van der Waals surface area contributed by atoms with E-state index < -0.39 is 0 Å². The van der Waals surface area contributed by atoms with Crippen molar-refractivity contribution in [3.8, 4) is 0 Å². The van der Waals surface area contributed by atoms with E-state index in [-0.39, 0.29) is 6.10 Å². The molecule has 1 aromatic rings. The van der Waals surface area contributed by atoms with E-state index in [0.29, 0.717) is 0 Å². The van der Waals surface area contributed by atoms with Gasteiger partial charge in [0.15, 0.2) is 0 Å². The summed E-state index contributed by atoms with van der Waals surface area (Å²) in [5, 5.41) is 9.61. The smallest absolute Gasteiger partial charge is 0.0939 e. The molecule has 0 spiro atoms. The van der Waals surface area contributed by atoms with Crippen molar-refractivity contribution < 1.29 is 5.11 Å². The van der Waals surface area contributed by atoms with Gasteiger partial charge in [0.05, 0.1) is 6.10 Å². The van der Waals surface area contributed by atoms with E-state index in [4.69, 9.17) is 0 Å². The summed E-state index contributed by atoms with van der Waals surface area (Å²) in [6.45, 7) is 1.07. The van der Waals surface area contributed by atoms with Gasteiger partial charge in [-0.15, -0.1) is 0 Å². The summed E-state index contributed by atoms with van der Waals surface area (Å²) in [5.74, 6) is 0. The van der Waals surface area contributed by atoms with E-state index in [1.54, 1.807) is 0 Å². The van der Waals surface area contributed by atoms with Crippen LogP contribution in [0.2, 0.25) is 0 Å². The highest BCUT2D eigenvalue weighted by molar-refractivity contribution is 5.10. The van der Waals surface area contributed by atoms with Crippen LogP contribution in [0, 0.1) is 0 Å². The van der Waals surface area contributed by atoms with Crippen molar-refractivity contribution >= 4 is 0 Å². The number of aliphatic hydroxyl groups is 1. The Morgan fingerprint density at radius 1 is 1.45 bits per heavy atom. The quantitative estimate of drug-likeness (QED) is 0.600. The van der Waals surface area contributed by atoms with Crippen LogP contribution in [0.5, 0.6) is 0 Å². The minimum Gasteiger partial charge on any atom is -0.387 e. The molecule has 2 rings (SSSR count). The van der Waals surface area contributed by atoms with E-state index >= 15 is 0 Å². The number of hydrogen-bond donors (Lipinski definition) is 1. The second kappa shape index (κ2) is 2.70. The molecule has 0 amide bonds. The molecule has 0 saturated heterocycles. The van der Waals surface area contributed by atoms with Crippen LogP contribution >= 0.6 is 0 Å². The van der Waals surface area contributed by atoms with Crippen molar-refractivity contribution in [1.82, 2.24) is 4.57 Å². The van der Waals surface area contributed by atoms with Gasteiger partial charge in [-0.3, -0.25) is 0 Å². The minimum absolute atomic E-state index is 0.229. The molecule has 2 heterocycles. The van der Waals surface area contributed by atoms with Gasteiger partial charge in [-0.05, 0) is 31.4 Å². The third-order valence-corrected chi connectivity index (χ3v) is 2.33. The van der Waals surface area contributed by atoms with E-state index in [1.165, 1.54) is 6.42 Å². The molecule has 1 aromatic heterocycles. The van der Waals surface area contributed by atoms with Crippen LogP contribution in [0.1, 0.15) is 31.1 Å². The number of fused-ring (bicyclic) bond motifs is 1. The first-order valence-electron chi connectivity index (χ1n) is 4.21. The van der Waals surface area contributed by atoms with Gasteiger partial charge >= 0.3 is 0 Å². The monoisotopic (exact) mass is 151 g/mol. The van der Waals surface area contributed by atoms with Gasteiger partial charge in [-0.1, -0.05) is 0 Å². The van der Waals surface area contributed by atoms with E-state index in [1.807, 2.05) is 18.3 Å². The maximum absolute atomic E-state index is 9.61. The number of nitrogens with zero attached hydrogens (tertiary/aromatic N) is 1. The summed E-state index contributed by atoms with van der Waals surface area (Å²) in [4.78, 5) is 0. The number of hydrogen-bond acceptors (Lipinski definition) is 1. The molecule has 11 heavy (non-hydrogen) atoms. The van der Waals surface area contributed by atoms with Gasteiger partial charge in [0.1, 0.15) is 0 Å². The fraction of sp³-hybridized carbons (Fsp3) is 0.556. The van der Waals surface area contributed by atoms with E-state index in [9.17, 15) is 5.11 Å². The second-order valence-corrected chi connectivity index (χ2v) is 3.14. The highest BCUT2D eigenvalue weighted by Crippen LogP contribution is 2.23. The average Bonchev–Trinajstić information content (AvgIpc) is 2.40. The molecule has 2 heteroatoms. The van der Waals surface area contributed by atoms with Crippen LogP contribution in [-0.4, -0.2) is 9.67 Å². The van der Waals surface area contributed by atoms with Crippen molar-refractivity contribution in [1.29, 1.82) is 0 Å². The Bertz CT molecular complexity index is 241. The van der Waals surface area contributed by atoms with Crippen molar-refractivity contribution in [3.63, 3.8) is 0 Å². The Morgan fingerprint density at radius 2 is 2.36 bits per heavy atom. The molecule has 1 unspecified atom stereocenters. The lowest BCUT2D eigenvalue weighted by molar-refractivity contribution is 0.162. The summed E-state index contributed by atoms with van der Waals surface area (Å²) in [6.07, 6.45) is 5.07. The maximum Gasteiger partial charge on any atom is 0.0939 e. The SMILES string of the molecule is OC1CCCCn2cccc21.